The molecule has 130 valence electrons. The minimum atomic E-state index is -4.07. The fourth-order valence-electron chi connectivity index (χ4n) is 3.20. The Balaban J connectivity index is 1.77. The van der Waals surface area contributed by atoms with Crippen LogP contribution in [0.15, 0.2) is 24.3 Å². The first-order valence-corrected chi connectivity index (χ1v) is 8.75. The summed E-state index contributed by atoms with van der Waals surface area (Å²) in [4.78, 5) is 0. The number of unbranched alkanes of at least 4 members (excludes halogenated alkanes) is 1. The molecule has 4 heteroatoms. The van der Waals surface area contributed by atoms with Crippen molar-refractivity contribution in [1.82, 2.24) is 0 Å². The Bertz CT molecular complexity index is 445. The van der Waals surface area contributed by atoms with Crippen LogP contribution in [0, 0.1) is 0 Å². The van der Waals surface area contributed by atoms with Gasteiger partial charge in [0.1, 0.15) is 0 Å². The summed E-state index contributed by atoms with van der Waals surface area (Å²) in [6.45, 7) is 3.03. The van der Waals surface area contributed by atoms with Gasteiger partial charge in [-0.15, -0.1) is 0 Å². The molecule has 1 nitrogen and oxygen atoms in total. The largest absolute Gasteiger partial charge is 0.389 e. The molecule has 1 aromatic carbocycles. The number of hydrogen-bond acceptors (Lipinski definition) is 1. The molecule has 1 aromatic rings. The molecule has 0 saturated heterocycles. The van der Waals surface area contributed by atoms with Crippen molar-refractivity contribution in [3.63, 3.8) is 0 Å². The van der Waals surface area contributed by atoms with Gasteiger partial charge in [0.15, 0.2) is 0 Å². The van der Waals surface area contributed by atoms with E-state index in [1.54, 1.807) is 0 Å². The van der Waals surface area contributed by atoms with Crippen LogP contribution in [0.1, 0.15) is 68.9 Å². The molecule has 1 aliphatic carbocycles. The summed E-state index contributed by atoms with van der Waals surface area (Å²) in [5, 5.41) is 0. The van der Waals surface area contributed by atoms with Crippen LogP contribution in [0.25, 0.3) is 0 Å². The van der Waals surface area contributed by atoms with Crippen molar-refractivity contribution >= 4 is 0 Å². The average Bonchev–Trinajstić information content (AvgIpc) is 2.54. The van der Waals surface area contributed by atoms with Crippen LogP contribution in [0.2, 0.25) is 0 Å². The first-order chi connectivity index (χ1) is 11.0. The monoisotopic (exact) mass is 328 g/mol. The quantitative estimate of drug-likeness (QED) is 0.556. The van der Waals surface area contributed by atoms with Gasteiger partial charge in [0, 0.05) is 13.0 Å². The highest BCUT2D eigenvalue weighted by molar-refractivity contribution is 5.26. The minimum absolute atomic E-state index is 0.0712. The van der Waals surface area contributed by atoms with Gasteiger partial charge < -0.3 is 4.74 Å². The lowest BCUT2D eigenvalue weighted by Gasteiger charge is -2.29. The Morgan fingerprint density at radius 2 is 1.70 bits per heavy atom. The predicted molar refractivity (Wildman–Crippen MR) is 86.7 cm³/mol. The van der Waals surface area contributed by atoms with Crippen molar-refractivity contribution in [3.05, 3.63) is 35.4 Å². The second-order valence-electron chi connectivity index (χ2n) is 6.55. The minimum Gasteiger partial charge on any atom is -0.378 e. The lowest BCUT2D eigenvalue weighted by molar-refractivity contribution is -0.133. The van der Waals surface area contributed by atoms with E-state index in [9.17, 15) is 13.2 Å². The molecule has 0 amide bonds. The van der Waals surface area contributed by atoms with Gasteiger partial charge in [0.25, 0.3) is 0 Å². The highest BCUT2D eigenvalue weighted by Gasteiger charge is 2.26. The van der Waals surface area contributed by atoms with E-state index in [0.29, 0.717) is 12.0 Å². The van der Waals surface area contributed by atoms with Crippen molar-refractivity contribution in [2.45, 2.75) is 76.5 Å². The van der Waals surface area contributed by atoms with E-state index in [1.807, 2.05) is 24.3 Å². The number of alkyl halides is 3. The van der Waals surface area contributed by atoms with Crippen molar-refractivity contribution in [2.75, 3.05) is 6.61 Å². The summed E-state index contributed by atoms with van der Waals surface area (Å²) < 4.78 is 42.6. The Morgan fingerprint density at radius 3 is 2.26 bits per heavy atom. The summed E-state index contributed by atoms with van der Waals surface area (Å²) >= 11 is 0. The molecule has 0 bridgehead atoms. The van der Waals surface area contributed by atoms with E-state index in [-0.39, 0.29) is 6.42 Å². The topological polar surface area (TPSA) is 9.23 Å². The molecule has 0 radical (unpaired) electrons. The van der Waals surface area contributed by atoms with Crippen LogP contribution in [0.3, 0.4) is 0 Å². The van der Waals surface area contributed by atoms with Crippen LogP contribution in [0.5, 0.6) is 0 Å². The average molecular weight is 328 g/mol. The molecule has 0 aliphatic heterocycles. The van der Waals surface area contributed by atoms with Crippen LogP contribution in [-0.4, -0.2) is 18.9 Å². The fraction of sp³-hybridized carbons (Fsp3) is 0.684. The zero-order valence-corrected chi connectivity index (χ0v) is 13.9. The second kappa shape index (κ2) is 8.72. The second-order valence-corrected chi connectivity index (χ2v) is 6.55. The highest BCUT2D eigenvalue weighted by Crippen LogP contribution is 2.34. The summed E-state index contributed by atoms with van der Waals surface area (Å²) in [5.41, 5.74) is 2.02. The molecule has 0 aromatic heterocycles. The van der Waals surface area contributed by atoms with E-state index in [0.717, 1.165) is 50.7 Å². The molecule has 0 heterocycles. The third kappa shape index (κ3) is 6.54. The van der Waals surface area contributed by atoms with Gasteiger partial charge in [-0.3, -0.25) is 0 Å². The lowest BCUT2D eigenvalue weighted by Crippen LogP contribution is -2.21. The van der Waals surface area contributed by atoms with Gasteiger partial charge >= 0.3 is 6.18 Å². The Hall–Kier alpha value is -1.03. The highest BCUT2D eigenvalue weighted by atomic mass is 19.4. The van der Waals surface area contributed by atoms with E-state index in [2.05, 4.69) is 6.92 Å². The van der Waals surface area contributed by atoms with Gasteiger partial charge in [0.05, 0.1) is 6.10 Å². The van der Waals surface area contributed by atoms with E-state index >= 15 is 0 Å². The normalized spacial score (nSPS) is 22.3. The molecule has 2 rings (SSSR count). The van der Waals surface area contributed by atoms with Crippen molar-refractivity contribution in [2.24, 2.45) is 0 Å². The van der Waals surface area contributed by atoms with Crippen LogP contribution in [0.4, 0.5) is 13.2 Å². The summed E-state index contributed by atoms with van der Waals surface area (Å²) in [5.74, 6) is 0.526. The first kappa shape index (κ1) is 18.3. The van der Waals surface area contributed by atoms with Crippen LogP contribution in [-0.2, 0) is 11.2 Å². The van der Waals surface area contributed by atoms with Crippen molar-refractivity contribution in [3.8, 4) is 0 Å². The summed E-state index contributed by atoms with van der Waals surface area (Å²) in [7, 11) is 0. The standard InChI is InChI=1S/C19H27F3O/c1-2-3-14-23-18-10-8-17(9-11-18)16-6-4-15(5-7-16)12-13-19(20,21)22/h4-7,17-18H,2-3,8-14H2,1H3/t17-,18-. The number of aryl methyl sites for hydroxylation is 1. The van der Waals surface area contributed by atoms with Gasteiger partial charge in [0.2, 0.25) is 0 Å². The summed E-state index contributed by atoms with van der Waals surface area (Å²) in [6, 6.07) is 7.72. The van der Waals surface area contributed by atoms with Gasteiger partial charge in [-0.1, -0.05) is 37.6 Å². The maximum atomic E-state index is 12.2. The third-order valence-corrected chi connectivity index (χ3v) is 4.67. The van der Waals surface area contributed by atoms with Crippen LogP contribution < -0.4 is 0 Å². The smallest absolute Gasteiger partial charge is 0.378 e. The zero-order valence-electron chi connectivity index (χ0n) is 13.9. The Kier molecular flexibility index (Phi) is 6.94. The molecule has 23 heavy (non-hydrogen) atoms. The molecule has 0 N–H and O–H groups in total. The number of ether oxygens (including phenoxy) is 1. The maximum Gasteiger partial charge on any atom is 0.389 e. The number of benzene rings is 1. The molecule has 1 saturated carbocycles. The lowest BCUT2D eigenvalue weighted by atomic mass is 9.82. The van der Waals surface area contributed by atoms with Gasteiger partial charge in [-0.05, 0) is 55.6 Å². The van der Waals surface area contributed by atoms with E-state index in [4.69, 9.17) is 4.74 Å². The van der Waals surface area contributed by atoms with Crippen LogP contribution >= 0.6 is 0 Å². The van der Waals surface area contributed by atoms with Gasteiger partial charge in [-0.2, -0.15) is 13.2 Å². The first-order valence-electron chi connectivity index (χ1n) is 8.75. The summed E-state index contributed by atoms with van der Waals surface area (Å²) in [6.07, 6.45) is 2.33. The Morgan fingerprint density at radius 1 is 1.04 bits per heavy atom. The molecule has 1 fully saturated rings. The fourth-order valence-corrected chi connectivity index (χ4v) is 3.20. The van der Waals surface area contributed by atoms with Gasteiger partial charge in [-0.25, -0.2) is 0 Å². The Labute approximate surface area is 137 Å². The van der Waals surface area contributed by atoms with E-state index in [1.165, 1.54) is 5.56 Å². The van der Waals surface area contributed by atoms with Crippen molar-refractivity contribution in [1.29, 1.82) is 0 Å². The third-order valence-electron chi connectivity index (χ3n) is 4.67. The number of rotatable bonds is 7. The molecular formula is C19H27F3O. The molecule has 0 spiro atoms. The zero-order chi connectivity index (χ0) is 16.7. The maximum absolute atomic E-state index is 12.2. The molecule has 0 unspecified atom stereocenters. The SMILES string of the molecule is CCCCO[C@H]1CC[C@H](c2ccc(CCC(F)(F)F)cc2)CC1. The number of halogens is 3. The predicted octanol–water partition coefficient (Wildman–Crippen LogP) is 6.02. The number of hydrogen-bond donors (Lipinski definition) is 0. The molecule has 1 aliphatic rings. The molecular weight excluding hydrogens is 301 g/mol. The molecule has 0 atom stereocenters. The van der Waals surface area contributed by atoms with Crippen molar-refractivity contribution < 1.29 is 17.9 Å². The van der Waals surface area contributed by atoms with E-state index < -0.39 is 12.6 Å².